The van der Waals surface area contributed by atoms with Crippen LogP contribution in [-0.4, -0.2) is 17.5 Å². The molecular weight excluding hydrogens is 264 g/mol. The molecule has 2 N–H and O–H groups in total. The number of unbranched alkanes of at least 4 members (excludes halogenated alkanes) is 6. The molecule has 0 spiro atoms. The molecule has 0 fully saturated rings. The van der Waals surface area contributed by atoms with Crippen LogP contribution in [0.15, 0.2) is 25.3 Å². The minimum absolute atomic E-state index is 0.287. The van der Waals surface area contributed by atoms with Gasteiger partial charge < -0.3 is 10.6 Å². The Morgan fingerprint density at radius 2 is 1.33 bits per heavy atom. The van der Waals surface area contributed by atoms with Gasteiger partial charge in [-0.05, 0) is 31.9 Å². The van der Waals surface area contributed by atoms with Gasteiger partial charge in [-0.2, -0.15) is 0 Å². The molecule has 0 heterocycles. The Balaban J connectivity index is 4.21. The molecule has 0 unspecified atom stereocenters. The highest BCUT2D eigenvalue weighted by Gasteiger charge is 2.26. The van der Waals surface area contributed by atoms with Crippen LogP contribution in [0.1, 0.15) is 65.2 Å². The summed E-state index contributed by atoms with van der Waals surface area (Å²) in [5, 5.41) is 5.57. The smallest absolute Gasteiger partial charge is 0.245 e. The predicted molar refractivity (Wildman–Crippen MR) is 87.7 cm³/mol. The molecule has 0 saturated carbocycles. The van der Waals surface area contributed by atoms with Crippen molar-refractivity contribution in [2.75, 3.05) is 0 Å². The van der Waals surface area contributed by atoms with E-state index in [1.54, 1.807) is 0 Å². The maximum atomic E-state index is 11.5. The number of hydrogen-bond acceptors (Lipinski definition) is 2. The number of amides is 2. The van der Waals surface area contributed by atoms with Crippen LogP contribution in [0.5, 0.6) is 0 Å². The Morgan fingerprint density at radius 1 is 0.905 bits per heavy atom. The van der Waals surface area contributed by atoms with Crippen molar-refractivity contribution in [1.29, 1.82) is 0 Å². The minimum Gasteiger partial charge on any atom is -0.330 e. The van der Waals surface area contributed by atoms with E-state index < -0.39 is 5.66 Å². The van der Waals surface area contributed by atoms with Crippen LogP contribution in [0.2, 0.25) is 0 Å². The number of rotatable bonds is 12. The lowest BCUT2D eigenvalue weighted by Gasteiger charge is -2.31. The van der Waals surface area contributed by atoms with E-state index in [9.17, 15) is 9.59 Å². The van der Waals surface area contributed by atoms with E-state index in [-0.39, 0.29) is 11.8 Å². The first-order valence-electron chi connectivity index (χ1n) is 7.86. The maximum Gasteiger partial charge on any atom is 0.245 e. The second kappa shape index (κ2) is 11.1. The number of carbonyl (C=O) groups is 2. The van der Waals surface area contributed by atoms with Crippen LogP contribution >= 0.6 is 0 Å². The Morgan fingerprint density at radius 3 is 1.76 bits per heavy atom. The van der Waals surface area contributed by atoms with Crippen molar-refractivity contribution >= 4 is 11.8 Å². The third-order valence-electron chi connectivity index (χ3n) is 3.45. The zero-order chi connectivity index (χ0) is 16.1. The minimum atomic E-state index is -0.750. The molecule has 2 amide bonds. The normalized spacial score (nSPS) is 10.8. The topological polar surface area (TPSA) is 58.2 Å². The second-order valence-corrected chi connectivity index (χ2v) is 5.59. The first kappa shape index (κ1) is 19.4. The van der Waals surface area contributed by atoms with Crippen LogP contribution in [0.25, 0.3) is 0 Å². The molecule has 0 bridgehead atoms. The quantitative estimate of drug-likeness (QED) is 0.329. The second-order valence-electron chi connectivity index (χ2n) is 5.59. The summed E-state index contributed by atoms with van der Waals surface area (Å²) >= 11 is 0. The summed E-state index contributed by atoms with van der Waals surface area (Å²) in [5.74, 6) is -0.574. The molecule has 0 rings (SSSR count). The van der Waals surface area contributed by atoms with Crippen LogP contribution in [0.4, 0.5) is 0 Å². The lowest BCUT2D eigenvalue weighted by atomic mass is 10.0. The first-order chi connectivity index (χ1) is 9.97. The molecule has 0 radical (unpaired) electrons. The van der Waals surface area contributed by atoms with E-state index in [0.29, 0.717) is 6.42 Å². The molecule has 21 heavy (non-hydrogen) atoms. The predicted octanol–water partition coefficient (Wildman–Crippen LogP) is 3.45. The van der Waals surface area contributed by atoms with Gasteiger partial charge in [-0.1, -0.05) is 58.6 Å². The van der Waals surface area contributed by atoms with E-state index in [0.717, 1.165) is 12.8 Å². The summed E-state index contributed by atoms with van der Waals surface area (Å²) < 4.78 is 0. The van der Waals surface area contributed by atoms with Crippen LogP contribution < -0.4 is 10.6 Å². The average molecular weight is 294 g/mol. The van der Waals surface area contributed by atoms with Crippen molar-refractivity contribution in [2.45, 2.75) is 70.9 Å². The largest absolute Gasteiger partial charge is 0.330 e. The maximum absolute atomic E-state index is 11.5. The Hall–Kier alpha value is -1.58. The van der Waals surface area contributed by atoms with Gasteiger partial charge in [0.05, 0.1) is 0 Å². The number of hydrogen-bond donors (Lipinski definition) is 2. The Labute approximate surface area is 129 Å². The molecule has 0 aromatic carbocycles. The fourth-order valence-corrected chi connectivity index (χ4v) is 2.24. The lowest BCUT2D eigenvalue weighted by Crippen LogP contribution is -2.57. The molecule has 0 aromatic heterocycles. The third kappa shape index (κ3) is 9.88. The molecule has 0 aliphatic carbocycles. The summed E-state index contributed by atoms with van der Waals surface area (Å²) in [5.41, 5.74) is -0.750. The van der Waals surface area contributed by atoms with Crippen LogP contribution in [0.3, 0.4) is 0 Å². The van der Waals surface area contributed by atoms with E-state index in [2.05, 4.69) is 30.7 Å². The van der Waals surface area contributed by atoms with Gasteiger partial charge in [0.15, 0.2) is 0 Å². The van der Waals surface area contributed by atoms with Gasteiger partial charge in [0.1, 0.15) is 5.66 Å². The SMILES string of the molecule is C=CC(=O)NC(C)(CCCCCCCCC)NC(=O)C=C. The fourth-order valence-electron chi connectivity index (χ4n) is 2.24. The van der Waals surface area contributed by atoms with E-state index in [1.807, 2.05) is 6.92 Å². The lowest BCUT2D eigenvalue weighted by molar-refractivity contribution is -0.121. The highest BCUT2D eigenvalue weighted by molar-refractivity contribution is 5.90. The van der Waals surface area contributed by atoms with Gasteiger partial charge in [-0.3, -0.25) is 9.59 Å². The summed E-state index contributed by atoms with van der Waals surface area (Å²) in [7, 11) is 0. The zero-order valence-corrected chi connectivity index (χ0v) is 13.5. The highest BCUT2D eigenvalue weighted by atomic mass is 16.2. The molecule has 4 nitrogen and oxygen atoms in total. The molecule has 0 aromatic rings. The monoisotopic (exact) mass is 294 g/mol. The van der Waals surface area contributed by atoms with Gasteiger partial charge >= 0.3 is 0 Å². The molecule has 0 aliphatic heterocycles. The van der Waals surface area contributed by atoms with Gasteiger partial charge in [0.25, 0.3) is 0 Å². The van der Waals surface area contributed by atoms with Crippen molar-refractivity contribution in [3.63, 3.8) is 0 Å². The van der Waals surface area contributed by atoms with Crippen molar-refractivity contribution < 1.29 is 9.59 Å². The standard InChI is InChI=1S/C17H30N2O2/c1-5-8-9-10-11-12-13-14-17(4,18-15(20)6-2)19-16(21)7-3/h6-7H,2-3,5,8-14H2,1,4H3,(H,18,20)(H,19,21). The molecule has 0 aliphatic rings. The summed E-state index contributed by atoms with van der Waals surface area (Å²) in [6, 6.07) is 0. The number of nitrogens with one attached hydrogen (secondary N) is 2. The average Bonchev–Trinajstić information content (AvgIpc) is 2.45. The van der Waals surface area contributed by atoms with Gasteiger partial charge in [-0.25, -0.2) is 0 Å². The summed E-state index contributed by atoms with van der Waals surface area (Å²) in [6.45, 7) is 10.9. The Bertz CT molecular complexity index is 329. The first-order valence-corrected chi connectivity index (χ1v) is 7.86. The van der Waals surface area contributed by atoms with Crippen molar-refractivity contribution in [2.24, 2.45) is 0 Å². The van der Waals surface area contributed by atoms with Gasteiger partial charge in [-0.15, -0.1) is 0 Å². The highest BCUT2D eigenvalue weighted by Crippen LogP contribution is 2.14. The van der Waals surface area contributed by atoms with Crippen molar-refractivity contribution in [1.82, 2.24) is 10.6 Å². The van der Waals surface area contributed by atoms with Crippen LogP contribution in [0, 0.1) is 0 Å². The van der Waals surface area contributed by atoms with Crippen LogP contribution in [-0.2, 0) is 9.59 Å². The molecule has 0 atom stereocenters. The van der Waals surface area contributed by atoms with E-state index in [4.69, 9.17) is 0 Å². The molecule has 0 saturated heterocycles. The fraction of sp³-hybridized carbons (Fsp3) is 0.647. The van der Waals surface area contributed by atoms with E-state index >= 15 is 0 Å². The molecule has 120 valence electrons. The van der Waals surface area contributed by atoms with Crippen molar-refractivity contribution in [3.8, 4) is 0 Å². The Kier molecular flexibility index (Phi) is 10.3. The van der Waals surface area contributed by atoms with Gasteiger partial charge in [0.2, 0.25) is 11.8 Å². The van der Waals surface area contributed by atoms with Gasteiger partial charge in [0, 0.05) is 0 Å². The van der Waals surface area contributed by atoms with Crippen molar-refractivity contribution in [3.05, 3.63) is 25.3 Å². The third-order valence-corrected chi connectivity index (χ3v) is 3.45. The zero-order valence-electron chi connectivity index (χ0n) is 13.5. The summed E-state index contributed by atoms with van der Waals surface area (Å²) in [4.78, 5) is 23.0. The summed E-state index contributed by atoms with van der Waals surface area (Å²) in [6.07, 6.45) is 11.5. The number of carbonyl (C=O) groups excluding carboxylic acids is 2. The molecular formula is C17H30N2O2. The van der Waals surface area contributed by atoms with E-state index in [1.165, 1.54) is 44.3 Å². The molecule has 4 heteroatoms.